The van der Waals surface area contributed by atoms with Gasteiger partial charge in [0.25, 0.3) is 0 Å². The molecule has 0 bridgehead atoms. The second-order valence-electron chi connectivity index (χ2n) is 7.50. The third kappa shape index (κ3) is 5.98. The summed E-state index contributed by atoms with van der Waals surface area (Å²) in [4.78, 5) is 12.7. The number of benzene rings is 3. The maximum atomic E-state index is 12.7. The van der Waals surface area contributed by atoms with Crippen LogP contribution in [0.15, 0.2) is 103 Å². The molecule has 0 fully saturated rings. The lowest BCUT2D eigenvalue weighted by Gasteiger charge is -2.33. The smallest absolute Gasteiger partial charge is 0.186 e. The Morgan fingerprint density at radius 2 is 1.03 bits per heavy atom. The van der Waals surface area contributed by atoms with Crippen LogP contribution in [0, 0.1) is 0 Å². The maximum Gasteiger partial charge on any atom is 0.186 e. The number of hydrogen-bond donors (Lipinski definition) is 0. The van der Waals surface area contributed by atoms with E-state index in [-0.39, 0.29) is 11.9 Å². The summed E-state index contributed by atoms with van der Waals surface area (Å²) in [6.45, 7) is 1.14. The summed E-state index contributed by atoms with van der Waals surface area (Å²) in [6, 6.07) is 29.7. The molecule has 0 saturated carbocycles. The van der Waals surface area contributed by atoms with E-state index in [1.165, 1.54) is 0 Å². The summed E-state index contributed by atoms with van der Waals surface area (Å²) in [7, 11) is 0. The number of hydrogen-bond acceptors (Lipinski definition) is 4. The molecule has 31 heavy (non-hydrogen) atoms. The van der Waals surface area contributed by atoms with Gasteiger partial charge in [-0.3, -0.25) is 4.79 Å². The molecular formula is C27H26O4. The van der Waals surface area contributed by atoms with Crippen molar-refractivity contribution in [1.29, 1.82) is 0 Å². The van der Waals surface area contributed by atoms with Gasteiger partial charge in [-0.1, -0.05) is 91.0 Å². The van der Waals surface area contributed by atoms with Crippen molar-refractivity contribution in [2.24, 2.45) is 0 Å². The Morgan fingerprint density at radius 1 is 0.581 bits per heavy atom. The number of rotatable bonds is 9. The molecule has 0 amide bonds. The van der Waals surface area contributed by atoms with Crippen molar-refractivity contribution in [2.75, 3.05) is 0 Å². The van der Waals surface area contributed by atoms with Gasteiger partial charge in [-0.15, -0.1) is 0 Å². The fourth-order valence-corrected chi connectivity index (χ4v) is 3.53. The maximum absolute atomic E-state index is 12.7. The van der Waals surface area contributed by atoms with Crippen LogP contribution >= 0.6 is 0 Å². The Kier molecular flexibility index (Phi) is 7.40. The lowest BCUT2D eigenvalue weighted by Crippen LogP contribution is -2.48. The predicted octanol–water partition coefficient (Wildman–Crippen LogP) is 4.88. The van der Waals surface area contributed by atoms with Crippen LogP contribution in [0.3, 0.4) is 0 Å². The molecule has 0 radical (unpaired) electrons. The molecule has 3 atom stereocenters. The summed E-state index contributed by atoms with van der Waals surface area (Å²) in [6.07, 6.45) is 1.68. The second kappa shape index (κ2) is 10.8. The van der Waals surface area contributed by atoms with Crippen LogP contribution in [0.5, 0.6) is 0 Å². The molecule has 158 valence electrons. The minimum absolute atomic E-state index is 0.103. The quantitative estimate of drug-likeness (QED) is 0.501. The second-order valence-corrected chi connectivity index (χ2v) is 7.50. The van der Waals surface area contributed by atoms with Gasteiger partial charge in [-0.2, -0.15) is 0 Å². The third-order valence-electron chi connectivity index (χ3n) is 5.20. The van der Waals surface area contributed by atoms with Crippen LogP contribution in [-0.4, -0.2) is 24.1 Å². The van der Waals surface area contributed by atoms with Crippen molar-refractivity contribution in [1.82, 2.24) is 0 Å². The molecule has 3 aromatic carbocycles. The summed E-state index contributed by atoms with van der Waals surface area (Å²) in [5, 5.41) is 0. The van der Waals surface area contributed by atoms with E-state index in [1.807, 2.05) is 91.0 Å². The van der Waals surface area contributed by atoms with E-state index in [1.54, 1.807) is 12.2 Å². The molecule has 0 unspecified atom stereocenters. The van der Waals surface area contributed by atoms with Crippen molar-refractivity contribution in [2.45, 2.75) is 38.1 Å². The number of ether oxygens (including phenoxy) is 3. The molecule has 1 aliphatic rings. The van der Waals surface area contributed by atoms with Crippen LogP contribution in [0.1, 0.15) is 16.7 Å². The van der Waals surface area contributed by atoms with Gasteiger partial charge in [0.2, 0.25) is 0 Å². The zero-order chi connectivity index (χ0) is 21.3. The van der Waals surface area contributed by atoms with Crippen LogP contribution in [0.25, 0.3) is 0 Å². The Labute approximate surface area is 183 Å². The van der Waals surface area contributed by atoms with Crippen molar-refractivity contribution in [3.63, 3.8) is 0 Å². The molecule has 4 heteroatoms. The molecule has 0 saturated heterocycles. The lowest BCUT2D eigenvalue weighted by atomic mass is 9.96. The highest BCUT2D eigenvalue weighted by atomic mass is 16.6. The van der Waals surface area contributed by atoms with E-state index in [2.05, 4.69) is 0 Å². The molecule has 0 spiro atoms. The first kappa shape index (κ1) is 21.2. The Morgan fingerprint density at radius 3 is 1.55 bits per heavy atom. The highest BCUT2D eigenvalue weighted by Gasteiger charge is 2.38. The molecule has 0 aliphatic heterocycles. The normalized spacial score (nSPS) is 20.6. The number of carbonyl (C=O) groups is 1. The Hall–Kier alpha value is -3.05. The molecule has 4 nitrogen and oxygen atoms in total. The van der Waals surface area contributed by atoms with Crippen LogP contribution < -0.4 is 0 Å². The van der Waals surface area contributed by atoms with Crippen LogP contribution in [0.2, 0.25) is 0 Å². The minimum atomic E-state index is -0.727. The third-order valence-corrected chi connectivity index (χ3v) is 5.20. The first-order chi connectivity index (χ1) is 15.3. The van der Waals surface area contributed by atoms with E-state index < -0.39 is 12.2 Å². The lowest BCUT2D eigenvalue weighted by molar-refractivity contribution is -0.160. The summed E-state index contributed by atoms with van der Waals surface area (Å²) in [5.41, 5.74) is 3.11. The van der Waals surface area contributed by atoms with Gasteiger partial charge in [0, 0.05) is 0 Å². The topological polar surface area (TPSA) is 44.8 Å². The summed E-state index contributed by atoms with van der Waals surface area (Å²) >= 11 is 0. The fourth-order valence-electron chi connectivity index (χ4n) is 3.53. The molecule has 0 heterocycles. The van der Waals surface area contributed by atoms with Gasteiger partial charge >= 0.3 is 0 Å². The number of ketones is 1. The highest BCUT2D eigenvalue weighted by Crippen LogP contribution is 2.23. The molecule has 0 aromatic heterocycles. The zero-order valence-electron chi connectivity index (χ0n) is 17.3. The molecule has 1 aliphatic carbocycles. The van der Waals surface area contributed by atoms with Crippen molar-refractivity contribution >= 4 is 5.78 Å². The first-order valence-corrected chi connectivity index (χ1v) is 10.5. The summed E-state index contributed by atoms with van der Waals surface area (Å²) in [5.74, 6) is -0.103. The van der Waals surface area contributed by atoms with Crippen molar-refractivity contribution < 1.29 is 19.0 Å². The number of carbonyl (C=O) groups excluding carboxylic acids is 1. The Balaban J connectivity index is 1.48. The van der Waals surface area contributed by atoms with E-state index >= 15 is 0 Å². The highest BCUT2D eigenvalue weighted by molar-refractivity contribution is 5.95. The van der Waals surface area contributed by atoms with Crippen molar-refractivity contribution in [3.8, 4) is 0 Å². The van der Waals surface area contributed by atoms with Gasteiger partial charge in [-0.25, -0.2) is 0 Å². The molecule has 3 aromatic rings. The zero-order valence-corrected chi connectivity index (χ0v) is 17.3. The van der Waals surface area contributed by atoms with E-state index in [4.69, 9.17) is 14.2 Å². The molecule has 0 N–H and O–H groups in total. The average Bonchev–Trinajstić information content (AvgIpc) is 2.83. The van der Waals surface area contributed by atoms with Gasteiger partial charge in [0.1, 0.15) is 18.3 Å². The predicted molar refractivity (Wildman–Crippen MR) is 119 cm³/mol. The van der Waals surface area contributed by atoms with Gasteiger partial charge in [0.05, 0.1) is 19.8 Å². The summed E-state index contributed by atoms with van der Waals surface area (Å²) < 4.78 is 18.4. The SMILES string of the molecule is O=C1C=C[C@@H](OCc2ccccc2)[C@H](OCc2ccccc2)[C@H]1OCc1ccccc1. The monoisotopic (exact) mass is 414 g/mol. The van der Waals surface area contributed by atoms with Crippen LogP contribution in [0.4, 0.5) is 0 Å². The van der Waals surface area contributed by atoms with E-state index in [0.29, 0.717) is 19.8 Å². The largest absolute Gasteiger partial charge is 0.367 e. The molecular weight excluding hydrogens is 388 g/mol. The van der Waals surface area contributed by atoms with Gasteiger partial charge in [-0.05, 0) is 28.8 Å². The van der Waals surface area contributed by atoms with Crippen LogP contribution in [-0.2, 0) is 38.8 Å². The average molecular weight is 415 g/mol. The van der Waals surface area contributed by atoms with Gasteiger partial charge in [0.15, 0.2) is 5.78 Å². The standard InChI is InChI=1S/C27H26O4/c28-24-16-17-25(29-18-21-10-4-1-5-11-21)27(31-20-23-14-8-3-9-15-23)26(24)30-19-22-12-6-2-7-13-22/h1-17,25-27H,18-20H2/t25-,26+,27+/m1/s1. The molecule has 4 rings (SSSR count). The minimum Gasteiger partial charge on any atom is -0.367 e. The fraction of sp³-hybridized carbons (Fsp3) is 0.222. The first-order valence-electron chi connectivity index (χ1n) is 10.5. The van der Waals surface area contributed by atoms with E-state index in [9.17, 15) is 4.79 Å². The van der Waals surface area contributed by atoms with Crippen molar-refractivity contribution in [3.05, 3.63) is 120 Å². The van der Waals surface area contributed by atoms with Gasteiger partial charge < -0.3 is 14.2 Å². The Bertz CT molecular complexity index is 970. The van der Waals surface area contributed by atoms with E-state index in [0.717, 1.165) is 16.7 Å².